The van der Waals surface area contributed by atoms with Crippen LogP contribution >= 0.6 is 0 Å². The van der Waals surface area contributed by atoms with Gasteiger partial charge in [-0.15, -0.1) is 0 Å². The molecule has 120 valence electrons. The lowest BCUT2D eigenvalue weighted by molar-refractivity contribution is -0.143. The van der Waals surface area contributed by atoms with Gasteiger partial charge < -0.3 is 15.2 Å². The van der Waals surface area contributed by atoms with Gasteiger partial charge in [0.1, 0.15) is 0 Å². The lowest BCUT2D eigenvalue weighted by Gasteiger charge is -2.29. The molecule has 0 aromatic heterocycles. The van der Waals surface area contributed by atoms with Crippen LogP contribution in [0.15, 0.2) is 60.7 Å². The summed E-state index contributed by atoms with van der Waals surface area (Å²) in [5, 5.41) is 12.5. The second-order valence-corrected chi connectivity index (χ2v) is 4.65. The van der Waals surface area contributed by atoms with E-state index in [0.717, 1.165) is 4.90 Å². The van der Waals surface area contributed by atoms with Crippen molar-refractivity contribution < 1.29 is 19.4 Å². The van der Waals surface area contributed by atoms with Gasteiger partial charge in [0.2, 0.25) is 6.17 Å². The van der Waals surface area contributed by atoms with Gasteiger partial charge in [-0.05, 0) is 31.2 Å². The standard InChI is InChI=1S/C17H18N2O4/c1-2-23-16(20)15(18-13-9-5-3-6-10-13)19(17(21)22)14-11-7-4-8-12-14/h3-12,15,18H,2H2,1H3,(H,21,22). The molecular weight excluding hydrogens is 296 g/mol. The summed E-state index contributed by atoms with van der Waals surface area (Å²) in [4.78, 5) is 24.9. The van der Waals surface area contributed by atoms with Crippen LogP contribution in [0.1, 0.15) is 6.92 Å². The zero-order chi connectivity index (χ0) is 16.7. The van der Waals surface area contributed by atoms with E-state index in [2.05, 4.69) is 5.32 Å². The number of carbonyl (C=O) groups excluding carboxylic acids is 1. The molecule has 0 bridgehead atoms. The van der Waals surface area contributed by atoms with Crippen molar-refractivity contribution in [3.05, 3.63) is 60.7 Å². The number of hydrogen-bond donors (Lipinski definition) is 2. The van der Waals surface area contributed by atoms with Gasteiger partial charge in [-0.25, -0.2) is 14.5 Å². The second-order valence-electron chi connectivity index (χ2n) is 4.65. The number of benzene rings is 2. The molecule has 2 aromatic carbocycles. The molecule has 1 atom stereocenters. The number of carboxylic acid groups (broad SMARTS) is 1. The summed E-state index contributed by atoms with van der Waals surface area (Å²) in [5.74, 6) is -0.664. The monoisotopic (exact) mass is 314 g/mol. The molecule has 6 nitrogen and oxygen atoms in total. The maximum atomic E-state index is 12.3. The fourth-order valence-electron chi connectivity index (χ4n) is 2.10. The number of amides is 1. The smallest absolute Gasteiger partial charge is 0.414 e. The number of ether oxygens (including phenoxy) is 1. The summed E-state index contributed by atoms with van der Waals surface area (Å²) in [6.45, 7) is 1.83. The molecule has 0 radical (unpaired) electrons. The molecule has 0 spiro atoms. The first-order valence-corrected chi connectivity index (χ1v) is 7.19. The molecule has 0 fully saturated rings. The summed E-state index contributed by atoms with van der Waals surface area (Å²) in [7, 11) is 0. The summed E-state index contributed by atoms with van der Waals surface area (Å²) >= 11 is 0. The minimum absolute atomic E-state index is 0.161. The third-order valence-electron chi connectivity index (χ3n) is 3.09. The molecule has 0 heterocycles. The molecular formula is C17H18N2O4. The van der Waals surface area contributed by atoms with Gasteiger partial charge in [-0.1, -0.05) is 36.4 Å². The zero-order valence-corrected chi connectivity index (χ0v) is 12.7. The van der Waals surface area contributed by atoms with Crippen LogP contribution in [0.25, 0.3) is 0 Å². The predicted octanol–water partition coefficient (Wildman–Crippen LogP) is 3.17. The molecule has 0 aliphatic carbocycles. The average Bonchev–Trinajstić information content (AvgIpc) is 2.56. The first-order valence-electron chi connectivity index (χ1n) is 7.19. The maximum absolute atomic E-state index is 12.3. The number of para-hydroxylation sites is 2. The third-order valence-corrected chi connectivity index (χ3v) is 3.09. The maximum Gasteiger partial charge on any atom is 0.414 e. The Labute approximate surface area is 134 Å². The number of nitrogens with zero attached hydrogens (tertiary/aromatic N) is 1. The van der Waals surface area contributed by atoms with Crippen molar-refractivity contribution in [1.82, 2.24) is 0 Å². The zero-order valence-electron chi connectivity index (χ0n) is 12.7. The Hall–Kier alpha value is -3.02. The van der Waals surface area contributed by atoms with E-state index in [9.17, 15) is 14.7 Å². The van der Waals surface area contributed by atoms with E-state index in [1.54, 1.807) is 61.5 Å². The van der Waals surface area contributed by atoms with Crippen LogP contribution in [0.3, 0.4) is 0 Å². The van der Waals surface area contributed by atoms with E-state index >= 15 is 0 Å². The highest BCUT2D eigenvalue weighted by Crippen LogP contribution is 2.19. The van der Waals surface area contributed by atoms with Crippen molar-refractivity contribution in [2.24, 2.45) is 0 Å². The van der Waals surface area contributed by atoms with Crippen molar-refractivity contribution in [2.75, 3.05) is 16.8 Å². The van der Waals surface area contributed by atoms with Gasteiger partial charge in [-0.2, -0.15) is 0 Å². The number of nitrogens with one attached hydrogen (secondary N) is 1. The number of carbonyl (C=O) groups is 2. The molecule has 23 heavy (non-hydrogen) atoms. The number of anilines is 2. The highest BCUT2D eigenvalue weighted by atomic mass is 16.5. The molecule has 2 rings (SSSR count). The Bertz CT molecular complexity index is 646. The Morgan fingerprint density at radius 2 is 1.65 bits per heavy atom. The molecule has 2 N–H and O–H groups in total. The topological polar surface area (TPSA) is 78.9 Å². The quantitative estimate of drug-likeness (QED) is 0.632. The molecule has 1 amide bonds. The van der Waals surface area contributed by atoms with E-state index in [4.69, 9.17) is 4.74 Å². The molecule has 1 unspecified atom stereocenters. The van der Waals surface area contributed by atoms with E-state index in [1.165, 1.54) is 0 Å². The first-order chi connectivity index (χ1) is 11.1. The molecule has 0 aliphatic rings. The summed E-state index contributed by atoms with van der Waals surface area (Å²) < 4.78 is 5.02. The highest BCUT2D eigenvalue weighted by Gasteiger charge is 2.32. The Morgan fingerprint density at radius 1 is 1.09 bits per heavy atom. The summed E-state index contributed by atoms with van der Waals surface area (Å²) in [6.07, 6.45) is -2.44. The van der Waals surface area contributed by atoms with Crippen LogP contribution in [-0.2, 0) is 9.53 Å². The highest BCUT2D eigenvalue weighted by molar-refractivity contribution is 5.96. The van der Waals surface area contributed by atoms with Crippen LogP contribution in [0.5, 0.6) is 0 Å². The van der Waals surface area contributed by atoms with E-state index < -0.39 is 18.2 Å². The van der Waals surface area contributed by atoms with Gasteiger partial charge in [-0.3, -0.25) is 0 Å². The molecule has 0 saturated heterocycles. The minimum Gasteiger partial charge on any atom is -0.465 e. The molecule has 0 saturated carbocycles. The van der Waals surface area contributed by atoms with Crippen LogP contribution < -0.4 is 10.2 Å². The van der Waals surface area contributed by atoms with Crippen LogP contribution in [0.2, 0.25) is 0 Å². The normalized spacial score (nSPS) is 11.3. The van der Waals surface area contributed by atoms with Gasteiger partial charge >= 0.3 is 12.1 Å². The van der Waals surface area contributed by atoms with E-state index in [0.29, 0.717) is 11.4 Å². The van der Waals surface area contributed by atoms with Crippen molar-refractivity contribution in [3.8, 4) is 0 Å². The van der Waals surface area contributed by atoms with Gasteiger partial charge in [0.25, 0.3) is 0 Å². The van der Waals surface area contributed by atoms with Crippen molar-refractivity contribution >= 4 is 23.4 Å². The molecule has 6 heteroatoms. The number of esters is 1. The Kier molecular flexibility index (Phi) is 5.57. The van der Waals surface area contributed by atoms with Gasteiger partial charge in [0.15, 0.2) is 0 Å². The lowest BCUT2D eigenvalue weighted by Crippen LogP contribution is -2.50. The van der Waals surface area contributed by atoms with Crippen LogP contribution in [-0.4, -0.2) is 29.9 Å². The number of hydrogen-bond acceptors (Lipinski definition) is 4. The SMILES string of the molecule is CCOC(=O)C(Nc1ccccc1)N(C(=O)O)c1ccccc1. The number of rotatable bonds is 6. The van der Waals surface area contributed by atoms with Crippen molar-refractivity contribution in [3.63, 3.8) is 0 Å². The van der Waals surface area contributed by atoms with E-state index in [-0.39, 0.29) is 6.61 Å². The Morgan fingerprint density at radius 3 is 2.17 bits per heavy atom. The fourth-order valence-corrected chi connectivity index (χ4v) is 2.10. The van der Waals surface area contributed by atoms with Crippen LogP contribution in [0, 0.1) is 0 Å². The predicted molar refractivity (Wildman–Crippen MR) is 87.4 cm³/mol. The van der Waals surface area contributed by atoms with E-state index in [1.807, 2.05) is 6.07 Å². The summed E-state index contributed by atoms with van der Waals surface area (Å²) in [6, 6.07) is 17.3. The second kappa shape index (κ2) is 7.84. The summed E-state index contributed by atoms with van der Waals surface area (Å²) in [5.41, 5.74) is 0.995. The van der Waals surface area contributed by atoms with Gasteiger partial charge in [0.05, 0.1) is 6.61 Å². The first kappa shape index (κ1) is 16.4. The Balaban J connectivity index is 2.37. The lowest BCUT2D eigenvalue weighted by atomic mass is 10.2. The largest absolute Gasteiger partial charge is 0.465 e. The minimum atomic E-state index is -1.25. The third kappa shape index (κ3) is 4.23. The average molecular weight is 314 g/mol. The van der Waals surface area contributed by atoms with Gasteiger partial charge in [0, 0.05) is 11.4 Å². The van der Waals surface area contributed by atoms with Crippen LogP contribution in [0.4, 0.5) is 16.2 Å². The fraction of sp³-hybridized carbons (Fsp3) is 0.176. The van der Waals surface area contributed by atoms with Crippen molar-refractivity contribution in [2.45, 2.75) is 13.1 Å². The van der Waals surface area contributed by atoms with Crippen molar-refractivity contribution in [1.29, 1.82) is 0 Å². The molecule has 2 aromatic rings. The molecule has 0 aliphatic heterocycles.